The maximum atomic E-state index is 13.7. The highest BCUT2D eigenvalue weighted by molar-refractivity contribution is 6.16. The molecule has 1 spiro atoms. The number of hydrogen-bond donors (Lipinski definition) is 2. The van der Waals surface area contributed by atoms with E-state index in [4.69, 9.17) is 0 Å². The molecular formula is C21H21N3O2. The number of benzene rings is 2. The number of nitrogens with one attached hydrogen (secondary N) is 2. The van der Waals surface area contributed by atoms with Crippen molar-refractivity contribution in [1.82, 2.24) is 5.32 Å². The fourth-order valence-corrected chi connectivity index (χ4v) is 4.93. The van der Waals surface area contributed by atoms with E-state index in [1.165, 1.54) is 5.56 Å². The predicted octanol–water partition coefficient (Wildman–Crippen LogP) is 3.33. The van der Waals surface area contributed by atoms with Gasteiger partial charge in [-0.2, -0.15) is 0 Å². The second-order valence-electron chi connectivity index (χ2n) is 8.18. The molecule has 0 saturated carbocycles. The number of nitrogens with zero attached hydrogens (tertiary/aromatic N) is 1. The van der Waals surface area contributed by atoms with Crippen LogP contribution in [0.3, 0.4) is 0 Å². The highest BCUT2D eigenvalue weighted by Gasteiger charge is 2.59. The zero-order valence-electron chi connectivity index (χ0n) is 15.1. The molecule has 2 N–H and O–H groups in total. The minimum atomic E-state index is -1.24. The molecule has 0 aliphatic carbocycles. The van der Waals surface area contributed by atoms with Crippen molar-refractivity contribution in [1.29, 1.82) is 0 Å². The van der Waals surface area contributed by atoms with Crippen LogP contribution in [-0.2, 0) is 10.5 Å². The summed E-state index contributed by atoms with van der Waals surface area (Å²) in [6.45, 7) is 6.39. The van der Waals surface area contributed by atoms with Gasteiger partial charge in [0.2, 0.25) is 5.66 Å². The lowest BCUT2D eigenvalue weighted by Crippen LogP contribution is -2.63. The molecule has 3 heterocycles. The second-order valence-corrected chi connectivity index (χ2v) is 8.18. The van der Waals surface area contributed by atoms with Crippen molar-refractivity contribution in [2.45, 2.75) is 44.3 Å². The number of rotatable bonds is 0. The molecule has 2 aromatic rings. The summed E-state index contributed by atoms with van der Waals surface area (Å²) in [6.07, 6.45) is 0.885. The molecule has 2 aromatic carbocycles. The van der Waals surface area contributed by atoms with E-state index in [0.717, 1.165) is 17.7 Å². The van der Waals surface area contributed by atoms with E-state index in [1.807, 2.05) is 35.2 Å². The summed E-state index contributed by atoms with van der Waals surface area (Å²) in [5.41, 5.74) is 2.65. The van der Waals surface area contributed by atoms with Crippen LogP contribution < -0.4 is 15.5 Å². The molecule has 5 heteroatoms. The van der Waals surface area contributed by atoms with Crippen LogP contribution in [0.5, 0.6) is 0 Å². The van der Waals surface area contributed by atoms with Crippen LogP contribution in [0.4, 0.5) is 11.4 Å². The molecule has 0 aromatic heterocycles. The van der Waals surface area contributed by atoms with Crippen LogP contribution in [0.25, 0.3) is 0 Å². The Balaban J connectivity index is 1.78. The number of amides is 2. The summed E-state index contributed by atoms with van der Waals surface area (Å²) in [7, 11) is 0. The van der Waals surface area contributed by atoms with Gasteiger partial charge in [0.05, 0.1) is 11.3 Å². The molecule has 2 amide bonds. The Bertz CT molecular complexity index is 981. The lowest BCUT2D eigenvalue weighted by Gasteiger charge is -2.44. The summed E-state index contributed by atoms with van der Waals surface area (Å²) < 4.78 is 0. The average Bonchev–Trinajstić information content (AvgIpc) is 2.83. The summed E-state index contributed by atoms with van der Waals surface area (Å²) in [4.78, 5) is 28.4. The molecule has 26 heavy (non-hydrogen) atoms. The van der Waals surface area contributed by atoms with Crippen LogP contribution in [0.2, 0.25) is 0 Å². The Morgan fingerprint density at radius 1 is 1.04 bits per heavy atom. The number of hydrogen-bond acceptors (Lipinski definition) is 3. The van der Waals surface area contributed by atoms with Gasteiger partial charge in [-0.3, -0.25) is 9.59 Å². The van der Waals surface area contributed by atoms with E-state index in [1.54, 1.807) is 6.07 Å². The largest absolute Gasteiger partial charge is 0.350 e. The lowest BCUT2D eigenvalue weighted by atomic mass is 9.80. The molecule has 3 aliphatic rings. The fraction of sp³-hybridized carbons (Fsp3) is 0.333. The number of carbonyl (C=O) groups excluding carboxylic acids is 2. The van der Waals surface area contributed by atoms with Gasteiger partial charge in [-0.15, -0.1) is 0 Å². The molecule has 0 saturated heterocycles. The maximum Gasteiger partial charge on any atom is 0.279 e. The third-order valence-electron chi connectivity index (χ3n) is 5.96. The van der Waals surface area contributed by atoms with Crippen LogP contribution >= 0.6 is 0 Å². The average molecular weight is 347 g/mol. The quantitative estimate of drug-likeness (QED) is 0.768. The maximum absolute atomic E-state index is 13.7. The van der Waals surface area contributed by atoms with E-state index in [0.29, 0.717) is 17.2 Å². The Kier molecular flexibility index (Phi) is 2.77. The molecule has 0 bridgehead atoms. The van der Waals surface area contributed by atoms with Crippen molar-refractivity contribution < 1.29 is 9.59 Å². The van der Waals surface area contributed by atoms with Crippen molar-refractivity contribution in [3.05, 3.63) is 59.2 Å². The third-order valence-corrected chi connectivity index (χ3v) is 5.96. The predicted molar refractivity (Wildman–Crippen MR) is 100 cm³/mol. The Hall–Kier alpha value is -2.82. The van der Waals surface area contributed by atoms with Crippen molar-refractivity contribution in [2.75, 3.05) is 10.2 Å². The SMILES string of the molecule is CC1CC(C)(C)N2C(=O)C3(NC(=O)c4ccccc4N3)c3cccc1c32. The second kappa shape index (κ2) is 4.67. The molecule has 5 nitrogen and oxygen atoms in total. The minimum Gasteiger partial charge on any atom is -0.350 e. The Morgan fingerprint density at radius 3 is 2.62 bits per heavy atom. The molecule has 0 fully saturated rings. The van der Waals surface area contributed by atoms with Crippen molar-refractivity contribution in [3.8, 4) is 0 Å². The van der Waals surface area contributed by atoms with Crippen LogP contribution in [0.1, 0.15) is 54.6 Å². The van der Waals surface area contributed by atoms with E-state index < -0.39 is 5.66 Å². The smallest absolute Gasteiger partial charge is 0.279 e. The summed E-state index contributed by atoms with van der Waals surface area (Å²) in [5, 5.41) is 6.34. The van der Waals surface area contributed by atoms with Gasteiger partial charge in [0, 0.05) is 16.8 Å². The molecular weight excluding hydrogens is 326 g/mol. The van der Waals surface area contributed by atoms with Crippen LogP contribution in [0, 0.1) is 0 Å². The molecule has 2 atom stereocenters. The Labute approximate surface area is 152 Å². The normalized spacial score (nSPS) is 27.7. The number of fused-ring (bicyclic) bond motifs is 2. The van der Waals surface area contributed by atoms with E-state index in [-0.39, 0.29) is 17.4 Å². The molecule has 5 rings (SSSR count). The zero-order chi connectivity index (χ0) is 18.3. The first-order valence-corrected chi connectivity index (χ1v) is 9.03. The van der Waals surface area contributed by atoms with Gasteiger partial charge < -0.3 is 15.5 Å². The minimum absolute atomic E-state index is 0.111. The summed E-state index contributed by atoms with van der Waals surface area (Å²) in [6, 6.07) is 13.3. The van der Waals surface area contributed by atoms with Crippen LogP contribution in [-0.4, -0.2) is 17.4 Å². The first-order valence-electron chi connectivity index (χ1n) is 9.03. The zero-order valence-corrected chi connectivity index (χ0v) is 15.1. The first kappa shape index (κ1) is 15.4. The molecule has 3 aliphatic heterocycles. The topological polar surface area (TPSA) is 61.4 Å². The number of anilines is 2. The highest BCUT2D eigenvalue weighted by atomic mass is 16.2. The van der Waals surface area contributed by atoms with E-state index in [9.17, 15) is 9.59 Å². The highest BCUT2D eigenvalue weighted by Crippen LogP contribution is 2.53. The standard InChI is InChI=1S/C21H21N3O2/c1-12-11-20(2,3)24-17-13(12)8-6-9-15(17)21(19(24)26)22-16-10-5-4-7-14(16)18(25)23-21/h4-10,12,22H,11H2,1-3H3,(H,23,25). The van der Waals surface area contributed by atoms with Gasteiger partial charge >= 0.3 is 0 Å². The van der Waals surface area contributed by atoms with Gasteiger partial charge in [0.25, 0.3) is 11.8 Å². The van der Waals surface area contributed by atoms with E-state index in [2.05, 4.69) is 37.5 Å². The number of carbonyl (C=O) groups is 2. The molecule has 0 radical (unpaired) electrons. The van der Waals surface area contributed by atoms with E-state index >= 15 is 0 Å². The Morgan fingerprint density at radius 2 is 1.81 bits per heavy atom. The fourth-order valence-electron chi connectivity index (χ4n) is 4.93. The van der Waals surface area contributed by atoms with Gasteiger partial charge in [-0.1, -0.05) is 37.3 Å². The first-order chi connectivity index (χ1) is 12.3. The van der Waals surface area contributed by atoms with Gasteiger partial charge in [0.15, 0.2) is 0 Å². The van der Waals surface area contributed by atoms with Gasteiger partial charge in [-0.05, 0) is 43.9 Å². The third kappa shape index (κ3) is 1.70. The number of para-hydroxylation sites is 2. The van der Waals surface area contributed by atoms with Crippen molar-refractivity contribution in [2.24, 2.45) is 0 Å². The van der Waals surface area contributed by atoms with Crippen molar-refractivity contribution >= 4 is 23.2 Å². The molecule has 2 unspecified atom stereocenters. The monoisotopic (exact) mass is 347 g/mol. The lowest BCUT2D eigenvalue weighted by molar-refractivity contribution is -0.124. The van der Waals surface area contributed by atoms with Gasteiger partial charge in [-0.25, -0.2) is 0 Å². The van der Waals surface area contributed by atoms with Gasteiger partial charge in [0.1, 0.15) is 0 Å². The van der Waals surface area contributed by atoms with Crippen LogP contribution in [0.15, 0.2) is 42.5 Å². The van der Waals surface area contributed by atoms with Crippen molar-refractivity contribution in [3.63, 3.8) is 0 Å². The summed E-state index contributed by atoms with van der Waals surface area (Å²) in [5.74, 6) is 0.0152. The molecule has 132 valence electrons. The summed E-state index contributed by atoms with van der Waals surface area (Å²) >= 11 is 0.